The first-order chi connectivity index (χ1) is 13.3. The summed E-state index contributed by atoms with van der Waals surface area (Å²) in [5.74, 6) is -2.90. The summed E-state index contributed by atoms with van der Waals surface area (Å²) >= 11 is 0. The standard InChI is InChI=1S/C20H19FN2O5/c1-11(2)19(24)26-7-8-27-20(25)16-12(3)28-18(23)15(10-22)17(16)13-5-4-6-14(21)9-13/h4-6,9,17H,1,7-8,23H2,2-3H3/t17-/m1/s1. The largest absolute Gasteiger partial charge is 0.459 e. The number of carbonyl (C=O) groups is 2. The van der Waals surface area contributed by atoms with E-state index < -0.39 is 23.7 Å². The molecule has 1 heterocycles. The van der Waals surface area contributed by atoms with E-state index in [0.717, 1.165) is 0 Å². The molecule has 8 heteroatoms. The van der Waals surface area contributed by atoms with Crippen LogP contribution in [-0.4, -0.2) is 25.2 Å². The Hall–Kier alpha value is -3.60. The molecule has 2 N–H and O–H groups in total. The van der Waals surface area contributed by atoms with E-state index in [1.807, 2.05) is 6.07 Å². The maximum absolute atomic E-state index is 13.7. The highest BCUT2D eigenvalue weighted by molar-refractivity contribution is 5.92. The number of nitrogens with zero attached hydrogens (tertiary/aromatic N) is 1. The van der Waals surface area contributed by atoms with Crippen molar-refractivity contribution in [1.29, 1.82) is 5.26 Å². The van der Waals surface area contributed by atoms with Gasteiger partial charge in [-0.3, -0.25) is 0 Å². The second-order valence-electron chi connectivity index (χ2n) is 6.00. The van der Waals surface area contributed by atoms with Crippen LogP contribution in [0.5, 0.6) is 0 Å². The molecule has 0 aromatic heterocycles. The number of allylic oxidation sites excluding steroid dienone is 2. The zero-order valence-electron chi connectivity index (χ0n) is 15.5. The summed E-state index contributed by atoms with van der Waals surface area (Å²) < 4.78 is 29.0. The van der Waals surface area contributed by atoms with E-state index in [4.69, 9.17) is 19.9 Å². The number of nitriles is 1. The average molecular weight is 386 g/mol. The predicted octanol–water partition coefficient (Wildman–Crippen LogP) is 2.57. The van der Waals surface area contributed by atoms with Crippen molar-refractivity contribution in [1.82, 2.24) is 0 Å². The molecule has 0 bridgehead atoms. The van der Waals surface area contributed by atoms with Gasteiger partial charge in [-0.1, -0.05) is 18.7 Å². The summed E-state index contributed by atoms with van der Waals surface area (Å²) in [6.45, 7) is 6.04. The molecule has 7 nitrogen and oxygen atoms in total. The Morgan fingerprint density at radius 1 is 1.36 bits per heavy atom. The highest BCUT2D eigenvalue weighted by atomic mass is 19.1. The average Bonchev–Trinajstić information content (AvgIpc) is 2.64. The number of rotatable bonds is 6. The van der Waals surface area contributed by atoms with Crippen molar-refractivity contribution < 1.29 is 28.2 Å². The van der Waals surface area contributed by atoms with E-state index in [0.29, 0.717) is 5.56 Å². The van der Waals surface area contributed by atoms with Gasteiger partial charge < -0.3 is 19.9 Å². The molecule has 0 amide bonds. The van der Waals surface area contributed by atoms with Gasteiger partial charge in [0.05, 0.1) is 11.5 Å². The Morgan fingerprint density at radius 3 is 2.64 bits per heavy atom. The number of esters is 2. The van der Waals surface area contributed by atoms with Gasteiger partial charge in [-0.05, 0) is 31.5 Å². The van der Waals surface area contributed by atoms with Gasteiger partial charge in [0.2, 0.25) is 5.88 Å². The second-order valence-corrected chi connectivity index (χ2v) is 6.00. The molecule has 1 aromatic rings. The third kappa shape index (κ3) is 4.57. The Kier molecular flexibility index (Phi) is 6.55. The van der Waals surface area contributed by atoms with Crippen molar-refractivity contribution in [2.45, 2.75) is 19.8 Å². The van der Waals surface area contributed by atoms with Gasteiger partial charge in [0.25, 0.3) is 0 Å². The van der Waals surface area contributed by atoms with Gasteiger partial charge in [0.15, 0.2) is 0 Å². The van der Waals surface area contributed by atoms with E-state index in [1.54, 1.807) is 6.07 Å². The summed E-state index contributed by atoms with van der Waals surface area (Å²) in [5.41, 5.74) is 6.33. The maximum Gasteiger partial charge on any atom is 0.338 e. The molecular weight excluding hydrogens is 367 g/mol. The Labute approximate surface area is 161 Å². The van der Waals surface area contributed by atoms with Crippen LogP contribution in [0.2, 0.25) is 0 Å². The first-order valence-corrected chi connectivity index (χ1v) is 8.29. The first kappa shape index (κ1) is 20.7. The third-order valence-electron chi connectivity index (χ3n) is 3.91. The first-order valence-electron chi connectivity index (χ1n) is 8.29. The molecule has 1 aromatic carbocycles. The van der Waals surface area contributed by atoms with Crippen molar-refractivity contribution in [3.8, 4) is 6.07 Å². The zero-order valence-corrected chi connectivity index (χ0v) is 15.5. The topological polar surface area (TPSA) is 112 Å². The summed E-state index contributed by atoms with van der Waals surface area (Å²) in [7, 11) is 0. The normalized spacial score (nSPS) is 16.1. The zero-order chi connectivity index (χ0) is 20.8. The minimum absolute atomic E-state index is 0.0163. The van der Waals surface area contributed by atoms with Gasteiger partial charge in [0, 0.05) is 5.57 Å². The molecule has 2 rings (SSSR count). The van der Waals surface area contributed by atoms with E-state index in [1.165, 1.54) is 32.0 Å². The minimum atomic E-state index is -0.945. The van der Waals surface area contributed by atoms with Crippen molar-refractivity contribution in [3.63, 3.8) is 0 Å². The van der Waals surface area contributed by atoms with Crippen LogP contribution in [-0.2, 0) is 23.8 Å². The number of halogens is 1. The van der Waals surface area contributed by atoms with E-state index in [-0.39, 0.29) is 41.6 Å². The Morgan fingerprint density at radius 2 is 2.04 bits per heavy atom. The van der Waals surface area contributed by atoms with Crippen LogP contribution in [0.15, 0.2) is 59.2 Å². The van der Waals surface area contributed by atoms with Crippen LogP contribution in [0.4, 0.5) is 4.39 Å². The number of carbonyl (C=O) groups excluding carboxylic acids is 2. The fourth-order valence-corrected chi connectivity index (χ4v) is 2.64. The van der Waals surface area contributed by atoms with Crippen LogP contribution in [0, 0.1) is 17.1 Å². The fourth-order valence-electron chi connectivity index (χ4n) is 2.64. The van der Waals surface area contributed by atoms with Gasteiger partial charge in [0.1, 0.15) is 36.4 Å². The number of benzene rings is 1. The quantitative estimate of drug-likeness (QED) is 0.454. The molecule has 1 aliphatic rings. The maximum atomic E-state index is 13.7. The highest BCUT2D eigenvalue weighted by Crippen LogP contribution is 2.39. The van der Waals surface area contributed by atoms with Crippen LogP contribution in [0.1, 0.15) is 25.3 Å². The summed E-state index contributed by atoms with van der Waals surface area (Å²) in [6.07, 6.45) is 0. The lowest BCUT2D eigenvalue weighted by Crippen LogP contribution is -2.26. The molecule has 1 atom stereocenters. The molecular formula is C20H19FN2O5. The summed E-state index contributed by atoms with van der Waals surface area (Å²) in [6, 6.07) is 7.38. The highest BCUT2D eigenvalue weighted by Gasteiger charge is 2.36. The SMILES string of the molecule is C=C(C)C(=O)OCCOC(=O)C1=C(C)OC(N)=C(C#N)[C@H]1c1cccc(F)c1. The van der Waals surface area contributed by atoms with E-state index >= 15 is 0 Å². The molecule has 28 heavy (non-hydrogen) atoms. The molecule has 146 valence electrons. The second kappa shape index (κ2) is 8.86. The lowest BCUT2D eigenvalue weighted by Gasteiger charge is -2.26. The molecule has 0 fully saturated rings. The third-order valence-corrected chi connectivity index (χ3v) is 3.91. The van der Waals surface area contributed by atoms with Crippen LogP contribution < -0.4 is 5.73 Å². The van der Waals surface area contributed by atoms with Crippen molar-refractivity contribution in [3.05, 3.63) is 70.6 Å². The number of ether oxygens (including phenoxy) is 3. The molecule has 0 spiro atoms. The molecule has 0 unspecified atom stereocenters. The monoisotopic (exact) mass is 386 g/mol. The number of hydrogen-bond acceptors (Lipinski definition) is 7. The molecule has 0 saturated carbocycles. The smallest absolute Gasteiger partial charge is 0.338 e. The minimum Gasteiger partial charge on any atom is -0.459 e. The van der Waals surface area contributed by atoms with E-state index in [2.05, 4.69) is 6.58 Å². The van der Waals surface area contributed by atoms with Crippen LogP contribution >= 0.6 is 0 Å². The lowest BCUT2D eigenvalue weighted by molar-refractivity contribution is -0.147. The molecule has 1 aliphatic heterocycles. The van der Waals surface area contributed by atoms with Crippen LogP contribution in [0.25, 0.3) is 0 Å². The lowest BCUT2D eigenvalue weighted by atomic mass is 9.83. The van der Waals surface area contributed by atoms with Gasteiger partial charge in [-0.2, -0.15) is 5.26 Å². The van der Waals surface area contributed by atoms with E-state index in [9.17, 15) is 19.2 Å². The number of hydrogen-bond donors (Lipinski definition) is 1. The number of nitrogens with two attached hydrogens (primary N) is 1. The van der Waals surface area contributed by atoms with Crippen molar-refractivity contribution in [2.75, 3.05) is 13.2 Å². The fraction of sp³-hybridized carbons (Fsp3) is 0.250. The molecule has 0 aliphatic carbocycles. The predicted molar refractivity (Wildman–Crippen MR) is 96.5 cm³/mol. The Balaban J connectivity index is 2.25. The van der Waals surface area contributed by atoms with Crippen molar-refractivity contribution >= 4 is 11.9 Å². The molecule has 0 saturated heterocycles. The molecule has 0 radical (unpaired) electrons. The van der Waals surface area contributed by atoms with Crippen molar-refractivity contribution in [2.24, 2.45) is 5.73 Å². The van der Waals surface area contributed by atoms with Crippen LogP contribution in [0.3, 0.4) is 0 Å². The van der Waals surface area contributed by atoms with Gasteiger partial charge in [-0.15, -0.1) is 0 Å². The Bertz CT molecular complexity index is 927. The summed E-state index contributed by atoms with van der Waals surface area (Å²) in [4.78, 5) is 24.0. The van der Waals surface area contributed by atoms with Gasteiger partial charge >= 0.3 is 11.9 Å². The summed E-state index contributed by atoms with van der Waals surface area (Å²) in [5, 5.41) is 9.47. The van der Waals surface area contributed by atoms with Gasteiger partial charge in [-0.25, -0.2) is 14.0 Å².